The fourth-order valence-electron chi connectivity index (χ4n) is 1.75. The highest BCUT2D eigenvalue weighted by molar-refractivity contribution is 5.29. The van der Waals surface area contributed by atoms with Crippen LogP contribution in [0.4, 0.5) is 5.95 Å². The number of hydrogen-bond donors (Lipinski definition) is 0. The van der Waals surface area contributed by atoms with Gasteiger partial charge in [-0.1, -0.05) is 5.92 Å². The molecule has 2 rings (SSSR count). The van der Waals surface area contributed by atoms with Crippen LogP contribution in [0.25, 0.3) is 0 Å². The van der Waals surface area contributed by atoms with E-state index in [1.165, 1.54) is 0 Å². The largest absolute Gasteiger partial charge is 0.338 e. The Hall–Kier alpha value is -1.60. The molecule has 84 valence electrons. The smallest absolute Gasteiger partial charge is 0.225 e. The molecular formula is C12H16N4. The van der Waals surface area contributed by atoms with E-state index in [1.807, 2.05) is 13.0 Å². The Morgan fingerprint density at radius 1 is 1.19 bits per heavy atom. The van der Waals surface area contributed by atoms with Crippen LogP contribution in [0.2, 0.25) is 0 Å². The van der Waals surface area contributed by atoms with Gasteiger partial charge in [-0.3, -0.25) is 4.90 Å². The van der Waals surface area contributed by atoms with Gasteiger partial charge in [0.2, 0.25) is 5.95 Å². The lowest BCUT2D eigenvalue weighted by atomic mass is 10.3. The van der Waals surface area contributed by atoms with E-state index in [4.69, 9.17) is 0 Å². The maximum absolute atomic E-state index is 4.26. The molecule has 0 amide bonds. The topological polar surface area (TPSA) is 32.3 Å². The molecule has 1 fully saturated rings. The predicted molar refractivity (Wildman–Crippen MR) is 64.1 cm³/mol. The first-order chi connectivity index (χ1) is 7.90. The Morgan fingerprint density at radius 2 is 1.88 bits per heavy atom. The standard InChI is InChI=1S/C12H16N4/c1-2-3-7-15-8-10-16(11-9-15)12-13-5-4-6-14-12/h4-6H,7-11H2,1H3. The van der Waals surface area contributed by atoms with E-state index in [2.05, 4.69) is 31.6 Å². The minimum absolute atomic E-state index is 0.837. The fraction of sp³-hybridized carbons (Fsp3) is 0.500. The number of piperazine rings is 1. The highest BCUT2D eigenvalue weighted by Crippen LogP contribution is 2.08. The minimum Gasteiger partial charge on any atom is -0.338 e. The SMILES string of the molecule is CC#CCN1CCN(c2ncccn2)CC1. The Kier molecular flexibility index (Phi) is 3.73. The quantitative estimate of drug-likeness (QED) is 0.678. The molecule has 0 aromatic carbocycles. The van der Waals surface area contributed by atoms with E-state index in [9.17, 15) is 0 Å². The molecule has 0 spiro atoms. The molecule has 1 aliphatic heterocycles. The third-order valence-corrected chi connectivity index (χ3v) is 2.69. The van der Waals surface area contributed by atoms with Crippen LogP contribution in [0.15, 0.2) is 18.5 Å². The second-order valence-corrected chi connectivity index (χ2v) is 3.74. The summed E-state index contributed by atoms with van der Waals surface area (Å²) in [5, 5.41) is 0. The summed E-state index contributed by atoms with van der Waals surface area (Å²) >= 11 is 0. The van der Waals surface area contributed by atoms with Crippen molar-refractivity contribution in [2.75, 3.05) is 37.6 Å². The Labute approximate surface area is 96.3 Å². The molecule has 1 aromatic rings. The van der Waals surface area contributed by atoms with Crippen molar-refractivity contribution in [2.24, 2.45) is 0 Å². The zero-order valence-corrected chi connectivity index (χ0v) is 9.56. The molecule has 2 heterocycles. The molecule has 1 aromatic heterocycles. The van der Waals surface area contributed by atoms with Crippen molar-refractivity contribution >= 4 is 5.95 Å². The molecule has 0 saturated carbocycles. The summed E-state index contributed by atoms with van der Waals surface area (Å²) in [7, 11) is 0. The summed E-state index contributed by atoms with van der Waals surface area (Å²) in [6.07, 6.45) is 3.58. The van der Waals surface area contributed by atoms with Gasteiger partial charge in [0.25, 0.3) is 0 Å². The zero-order valence-electron chi connectivity index (χ0n) is 9.56. The lowest BCUT2D eigenvalue weighted by Crippen LogP contribution is -2.47. The summed E-state index contributed by atoms with van der Waals surface area (Å²) in [6, 6.07) is 1.84. The van der Waals surface area contributed by atoms with Gasteiger partial charge in [-0.05, 0) is 13.0 Å². The number of hydrogen-bond acceptors (Lipinski definition) is 4. The molecule has 0 atom stereocenters. The summed E-state index contributed by atoms with van der Waals surface area (Å²) < 4.78 is 0. The lowest BCUT2D eigenvalue weighted by molar-refractivity contribution is 0.286. The van der Waals surface area contributed by atoms with Gasteiger partial charge in [0.05, 0.1) is 6.54 Å². The first-order valence-electron chi connectivity index (χ1n) is 5.54. The fourth-order valence-corrected chi connectivity index (χ4v) is 1.75. The van der Waals surface area contributed by atoms with Gasteiger partial charge in [-0.15, -0.1) is 5.92 Å². The van der Waals surface area contributed by atoms with Gasteiger partial charge in [0.15, 0.2) is 0 Å². The van der Waals surface area contributed by atoms with E-state index in [0.29, 0.717) is 0 Å². The molecule has 0 N–H and O–H groups in total. The van der Waals surface area contributed by atoms with E-state index >= 15 is 0 Å². The summed E-state index contributed by atoms with van der Waals surface area (Å²) in [6.45, 7) is 6.79. The average Bonchev–Trinajstić information content (AvgIpc) is 2.38. The molecule has 0 unspecified atom stereocenters. The molecule has 1 aliphatic rings. The summed E-state index contributed by atoms with van der Waals surface area (Å²) in [5.41, 5.74) is 0. The number of nitrogens with zero attached hydrogens (tertiary/aromatic N) is 4. The monoisotopic (exact) mass is 216 g/mol. The maximum atomic E-state index is 4.26. The number of aromatic nitrogens is 2. The highest BCUT2D eigenvalue weighted by Gasteiger charge is 2.17. The molecule has 4 heteroatoms. The first kappa shape index (κ1) is 10.9. The Bertz CT molecular complexity index is 371. The van der Waals surface area contributed by atoms with Crippen LogP contribution in [0, 0.1) is 11.8 Å². The van der Waals surface area contributed by atoms with Crippen LogP contribution in [-0.2, 0) is 0 Å². The number of rotatable bonds is 2. The molecule has 16 heavy (non-hydrogen) atoms. The zero-order chi connectivity index (χ0) is 11.2. The van der Waals surface area contributed by atoms with Crippen molar-refractivity contribution < 1.29 is 0 Å². The van der Waals surface area contributed by atoms with Crippen molar-refractivity contribution in [1.29, 1.82) is 0 Å². The Balaban J connectivity index is 1.87. The second-order valence-electron chi connectivity index (χ2n) is 3.74. The van der Waals surface area contributed by atoms with Gasteiger partial charge in [-0.25, -0.2) is 9.97 Å². The maximum Gasteiger partial charge on any atom is 0.225 e. The van der Waals surface area contributed by atoms with Gasteiger partial charge in [0, 0.05) is 38.6 Å². The third kappa shape index (κ3) is 2.71. The minimum atomic E-state index is 0.837. The van der Waals surface area contributed by atoms with E-state index in [1.54, 1.807) is 12.4 Å². The van der Waals surface area contributed by atoms with Gasteiger partial charge >= 0.3 is 0 Å². The van der Waals surface area contributed by atoms with Crippen LogP contribution in [-0.4, -0.2) is 47.6 Å². The van der Waals surface area contributed by atoms with Crippen LogP contribution in [0.5, 0.6) is 0 Å². The van der Waals surface area contributed by atoms with Crippen molar-refractivity contribution in [3.63, 3.8) is 0 Å². The van der Waals surface area contributed by atoms with Crippen LogP contribution < -0.4 is 4.90 Å². The van der Waals surface area contributed by atoms with Gasteiger partial charge in [0.1, 0.15) is 0 Å². The molecule has 0 bridgehead atoms. The van der Waals surface area contributed by atoms with Gasteiger partial charge < -0.3 is 4.90 Å². The van der Waals surface area contributed by atoms with Crippen molar-refractivity contribution in [1.82, 2.24) is 14.9 Å². The highest BCUT2D eigenvalue weighted by atomic mass is 15.3. The predicted octanol–water partition coefficient (Wildman–Crippen LogP) is 0.622. The van der Waals surface area contributed by atoms with E-state index in [0.717, 1.165) is 38.7 Å². The molecule has 0 aliphatic carbocycles. The van der Waals surface area contributed by atoms with E-state index < -0.39 is 0 Å². The van der Waals surface area contributed by atoms with Gasteiger partial charge in [-0.2, -0.15) is 0 Å². The third-order valence-electron chi connectivity index (χ3n) is 2.69. The van der Waals surface area contributed by atoms with Crippen LogP contribution in [0.1, 0.15) is 6.92 Å². The molecule has 1 saturated heterocycles. The number of anilines is 1. The van der Waals surface area contributed by atoms with E-state index in [-0.39, 0.29) is 0 Å². The first-order valence-corrected chi connectivity index (χ1v) is 5.54. The van der Waals surface area contributed by atoms with Crippen molar-refractivity contribution in [3.8, 4) is 11.8 Å². The second kappa shape index (κ2) is 5.47. The molecule has 4 nitrogen and oxygen atoms in total. The Morgan fingerprint density at radius 3 is 2.50 bits per heavy atom. The normalized spacial score (nSPS) is 16.7. The van der Waals surface area contributed by atoms with Crippen molar-refractivity contribution in [3.05, 3.63) is 18.5 Å². The lowest BCUT2D eigenvalue weighted by Gasteiger charge is -2.33. The van der Waals surface area contributed by atoms with Crippen LogP contribution in [0.3, 0.4) is 0 Å². The molecular weight excluding hydrogens is 200 g/mol. The summed E-state index contributed by atoms with van der Waals surface area (Å²) in [5.74, 6) is 6.86. The average molecular weight is 216 g/mol. The van der Waals surface area contributed by atoms with Crippen molar-refractivity contribution in [2.45, 2.75) is 6.92 Å². The summed E-state index contributed by atoms with van der Waals surface area (Å²) in [4.78, 5) is 13.1. The molecule has 0 radical (unpaired) electrons. The van der Waals surface area contributed by atoms with Crippen LogP contribution >= 0.6 is 0 Å².